The minimum Gasteiger partial charge on any atom is -0.347 e. The van der Waals surface area contributed by atoms with Gasteiger partial charge >= 0.3 is 0 Å². The molecule has 1 aromatic carbocycles. The van der Waals surface area contributed by atoms with Crippen molar-refractivity contribution < 1.29 is 14.0 Å². The maximum Gasteiger partial charge on any atom is 0.253 e. The Bertz CT molecular complexity index is 537. The van der Waals surface area contributed by atoms with Crippen LogP contribution in [0, 0.1) is 5.82 Å². The van der Waals surface area contributed by atoms with Gasteiger partial charge in [0.15, 0.2) is 0 Å². The maximum atomic E-state index is 12.9. The molecule has 0 spiro atoms. The van der Waals surface area contributed by atoms with Gasteiger partial charge in [0.25, 0.3) is 5.91 Å². The van der Waals surface area contributed by atoms with Crippen molar-refractivity contribution in [2.24, 2.45) is 0 Å². The molecule has 1 fully saturated rings. The molecule has 120 valence electrons. The molecule has 0 aliphatic carbocycles. The number of benzene rings is 1. The smallest absolute Gasteiger partial charge is 0.253 e. The van der Waals surface area contributed by atoms with Crippen molar-refractivity contribution in [2.75, 3.05) is 40.3 Å². The minimum atomic E-state index is -0.350. The standard InChI is InChI=1S/C16H22FN3O2/c1-12(15(21)18(2)3)19-8-10-20(11-9-19)16(22)13-4-6-14(17)7-5-13/h4-7,12H,8-11H2,1-3H3. The molecule has 0 aromatic heterocycles. The molecule has 1 saturated heterocycles. The van der Waals surface area contributed by atoms with E-state index in [0.29, 0.717) is 31.7 Å². The Hall–Kier alpha value is -1.95. The van der Waals surface area contributed by atoms with Gasteiger partial charge in [-0.1, -0.05) is 0 Å². The van der Waals surface area contributed by atoms with E-state index in [0.717, 1.165) is 0 Å². The van der Waals surface area contributed by atoms with Crippen molar-refractivity contribution in [1.29, 1.82) is 0 Å². The molecule has 0 N–H and O–H groups in total. The van der Waals surface area contributed by atoms with Gasteiger partial charge in [0.05, 0.1) is 6.04 Å². The van der Waals surface area contributed by atoms with Gasteiger partial charge in [-0.2, -0.15) is 0 Å². The van der Waals surface area contributed by atoms with E-state index in [9.17, 15) is 14.0 Å². The summed E-state index contributed by atoms with van der Waals surface area (Å²) in [5, 5.41) is 0. The molecule has 0 radical (unpaired) electrons. The first-order valence-electron chi connectivity index (χ1n) is 7.40. The maximum absolute atomic E-state index is 12.9. The Kier molecular flexibility index (Phi) is 5.13. The SMILES string of the molecule is CC(C(=O)N(C)C)N1CCN(C(=O)c2ccc(F)cc2)CC1. The van der Waals surface area contributed by atoms with E-state index in [-0.39, 0.29) is 23.7 Å². The lowest BCUT2D eigenvalue weighted by Gasteiger charge is -2.38. The van der Waals surface area contributed by atoms with E-state index in [1.54, 1.807) is 23.9 Å². The second kappa shape index (κ2) is 6.87. The van der Waals surface area contributed by atoms with Gasteiger partial charge in [-0.25, -0.2) is 4.39 Å². The summed E-state index contributed by atoms with van der Waals surface area (Å²) in [6, 6.07) is 5.41. The zero-order chi connectivity index (χ0) is 16.3. The van der Waals surface area contributed by atoms with Crippen molar-refractivity contribution in [3.63, 3.8) is 0 Å². The van der Waals surface area contributed by atoms with Crippen LogP contribution in [-0.2, 0) is 4.79 Å². The summed E-state index contributed by atoms with van der Waals surface area (Å²) in [5.74, 6) is -0.373. The molecular formula is C16H22FN3O2. The highest BCUT2D eigenvalue weighted by Gasteiger charge is 2.28. The van der Waals surface area contributed by atoms with E-state index in [1.807, 2.05) is 6.92 Å². The van der Waals surface area contributed by atoms with Gasteiger partial charge in [-0.05, 0) is 31.2 Å². The third-order valence-electron chi connectivity index (χ3n) is 4.04. The van der Waals surface area contributed by atoms with Crippen LogP contribution in [-0.4, -0.2) is 72.8 Å². The molecule has 5 nitrogen and oxygen atoms in total. The van der Waals surface area contributed by atoms with Crippen molar-refractivity contribution >= 4 is 11.8 Å². The van der Waals surface area contributed by atoms with E-state index in [1.165, 1.54) is 24.3 Å². The highest BCUT2D eigenvalue weighted by molar-refractivity contribution is 5.94. The molecule has 0 saturated carbocycles. The fraction of sp³-hybridized carbons (Fsp3) is 0.500. The zero-order valence-corrected chi connectivity index (χ0v) is 13.3. The number of likely N-dealkylation sites (N-methyl/N-ethyl adjacent to an activating group) is 1. The molecule has 2 rings (SSSR count). The van der Waals surface area contributed by atoms with Crippen molar-refractivity contribution in [3.05, 3.63) is 35.6 Å². The Morgan fingerprint density at radius 1 is 1.09 bits per heavy atom. The third-order valence-corrected chi connectivity index (χ3v) is 4.04. The zero-order valence-electron chi connectivity index (χ0n) is 13.3. The molecular weight excluding hydrogens is 285 g/mol. The van der Waals surface area contributed by atoms with Crippen LogP contribution < -0.4 is 0 Å². The summed E-state index contributed by atoms with van der Waals surface area (Å²) >= 11 is 0. The first kappa shape index (κ1) is 16.4. The molecule has 1 unspecified atom stereocenters. The average Bonchev–Trinajstić information content (AvgIpc) is 2.53. The van der Waals surface area contributed by atoms with Crippen LogP contribution in [0.1, 0.15) is 17.3 Å². The summed E-state index contributed by atoms with van der Waals surface area (Å²) in [7, 11) is 3.49. The van der Waals surface area contributed by atoms with Crippen LogP contribution in [0.3, 0.4) is 0 Å². The Morgan fingerprint density at radius 3 is 2.14 bits per heavy atom. The minimum absolute atomic E-state index is 0.0679. The number of carbonyl (C=O) groups is 2. The van der Waals surface area contributed by atoms with E-state index < -0.39 is 0 Å². The lowest BCUT2D eigenvalue weighted by atomic mass is 10.1. The molecule has 1 aromatic rings. The summed E-state index contributed by atoms with van der Waals surface area (Å²) < 4.78 is 12.9. The van der Waals surface area contributed by atoms with Crippen LogP contribution in [0.5, 0.6) is 0 Å². The highest BCUT2D eigenvalue weighted by Crippen LogP contribution is 2.12. The van der Waals surface area contributed by atoms with Crippen LogP contribution in [0.2, 0.25) is 0 Å². The molecule has 2 amide bonds. The first-order chi connectivity index (χ1) is 10.4. The summed E-state index contributed by atoms with van der Waals surface area (Å²) in [6.07, 6.45) is 0. The Morgan fingerprint density at radius 2 is 1.64 bits per heavy atom. The number of carbonyl (C=O) groups excluding carboxylic acids is 2. The number of hydrogen-bond donors (Lipinski definition) is 0. The normalized spacial score (nSPS) is 17.2. The van der Waals surface area contributed by atoms with Gasteiger partial charge in [-0.3, -0.25) is 14.5 Å². The molecule has 22 heavy (non-hydrogen) atoms. The van der Waals surface area contributed by atoms with E-state index in [4.69, 9.17) is 0 Å². The van der Waals surface area contributed by atoms with Crippen molar-refractivity contribution in [1.82, 2.24) is 14.7 Å². The Labute approximate surface area is 130 Å². The van der Waals surface area contributed by atoms with Gasteiger partial charge in [0.2, 0.25) is 5.91 Å². The lowest BCUT2D eigenvalue weighted by Crippen LogP contribution is -2.54. The summed E-state index contributed by atoms with van der Waals surface area (Å²) in [6.45, 7) is 4.35. The summed E-state index contributed by atoms with van der Waals surface area (Å²) in [4.78, 5) is 29.7. The molecule has 1 aliphatic heterocycles. The number of hydrogen-bond acceptors (Lipinski definition) is 3. The van der Waals surface area contributed by atoms with Gasteiger partial charge in [-0.15, -0.1) is 0 Å². The second-order valence-corrected chi connectivity index (χ2v) is 5.74. The van der Waals surface area contributed by atoms with Crippen LogP contribution in [0.15, 0.2) is 24.3 Å². The monoisotopic (exact) mass is 307 g/mol. The number of amides is 2. The molecule has 0 bridgehead atoms. The molecule has 1 aliphatic rings. The number of halogens is 1. The molecule has 6 heteroatoms. The Balaban J connectivity index is 1.93. The second-order valence-electron chi connectivity index (χ2n) is 5.74. The van der Waals surface area contributed by atoms with Crippen LogP contribution in [0.4, 0.5) is 4.39 Å². The number of nitrogens with zero attached hydrogens (tertiary/aromatic N) is 3. The van der Waals surface area contributed by atoms with E-state index >= 15 is 0 Å². The first-order valence-corrected chi connectivity index (χ1v) is 7.40. The number of piperazine rings is 1. The van der Waals surface area contributed by atoms with Crippen molar-refractivity contribution in [3.8, 4) is 0 Å². The predicted octanol–water partition coefficient (Wildman–Crippen LogP) is 1.06. The lowest BCUT2D eigenvalue weighted by molar-refractivity contribution is -0.134. The topological polar surface area (TPSA) is 43.9 Å². The average molecular weight is 307 g/mol. The third kappa shape index (κ3) is 3.62. The van der Waals surface area contributed by atoms with E-state index in [2.05, 4.69) is 4.90 Å². The fourth-order valence-electron chi connectivity index (χ4n) is 2.62. The van der Waals surface area contributed by atoms with Crippen LogP contribution in [0.25, 0.3) is 0 Å². The summed E-state index contributed by atoms with van der Waals surface area (Å²) in [5.41, 5.74) is 0.493. The van der Waals surface area contributed by atoms with Gasteiger partial charge in [0, 0.05) is 45.8 Å². The van der Waals surface area contributed by atoms with Gasteiger partial charge < -0.3 is 9.80 Å². The predicted molar refractivity (Wildman–Crippen MR) is 82.0 cm³/mol. The largest absolute Gasteiger partial charge is 0.347 e. The highest BCUT2D eigenvalue weighted by atomic mass is 19.1. The quantitative estimate of drug-likeness (QED) is 0.839. The van der Waals surface area contributed by atoms with Crippen LogP contribution >= 0.6 is 0 Å². The molecule has 1 atom stereocenters. The van der Waals surface area contributed by atoms with Gasteiger partial charge in [0.1, 0.15) is 5.82 Å². The fourth-order valence-corrected chi connectivity index (χ4v) is 2.62. The van der Waals surface area contributed by atoms with Crippen molar-refractivity contribution in [2.45, 2.75) is 13.0 Å². The molecule has 1 heterocycles. The number of rotatable bonds is 3.